The molecule has 4 heteroatoms. The molecule has 0 saturated carbocycles. The van der Waals surface area contributed by atoms with E-state index in [0.29, 0.717) is 16.9 Å². The van der Waals surface area contributed by atoms with Crippen LogP contribution in [0.3, 0.4) is 0 Å². The fourth-order valence-corrected chi connectivity index (χ4v) is 2.37. The molecule has 0 amide bonds. The van der Waals surface area contributed by atoms with Gasteiger partial charge < -0.3 is 9.84 Å². The summed E-state index contributed by atoms with van der Waals surface area (Å²) in [7, 11) is 0. The molecular formula is C19H20O4. The van der Waals surface area contributed by atoms with Gasteiger partial charge in [0.2, 0.25) is 0 Å². The highest BCUT2D eigenvalue weighted by atomic mass is 16.5. The van der Waals surface area contributed by atoms with Crippen molar-refractivity contribution in [3.8, 4) is 5.75 Å². The molecule has 0 radical (unpaired) electrons. The predicted molar refractivity (Wildman–Crippen MR) is 88.2 cm³/mol. The van der Waals surface area contributed by atoms with Crippen LogP contribution in [0.4, 0.5) is 0 Å². The van der Waals surface area contributed by atoms with E-state index in [1.807, 2.05) is 26.0 Å². The van der Waals surface area contributed by atoms with Gasteiger partial charge in [-0.2, -0.15) is 0 Å². The molecule has 0 spiro atoms. The van der Waals surface area contributed by atoms with E-state index in [9.17, 15) is 9.59 Å². The van der Waals surface area contributed by atoms with Crippen molar-refractivity contribution in [1.82, 2.24) is 0 Å². The molecule has 0 saturated heterocycles. The number of aliphatic hydroxyl groups excluding tert-OH is 1. The van der Waals surface area contributed by atoms with Gasteiger partial charge >= 0.3 is 0 Å². The number of carbonyl (C=O) groups excluding carboxylic acids is 2. The number of hydrogen-bond donors (Lipinski definition) is 1. The summed E-state index contributed by atoms with van der Waals surface area (Å²) in [5, 5.41) is 8.70. The van der Waals surface area contributed by atoms with Gasteiger partial charge in [0, 0.05) is 11.1 Å². The molecule has 0 heterocycles. The molecule has 0 atom stereocenters. The predicted octanol–water partition coefficient (Wildman–Crippen LogP) is 3.13. The quantitative estimate of drug-likeness (QED) is 0.630. The number of ketones is 2. The highest BCUT2D eigenvalue weighted by Gasteiger charge is 2.15. The first-order valence-corrected chi connectivity index (χ1v) is 7.48. The van der Waals surface area contributed by atoms with E-state index >= 15 is 0 Å². The van der Waals surface area contributed by atoms with Gasteiger partial charge in [-0.3, -0.25) is 9.59 Å². The van der Waals surface area contributed by atoms with Gasteiger partial charge in [-0.1, -0.05) is 23.8 Å². The zero-order valence-corrected chi connectivity index (χ0v) is 13.3. The molecule has 0 fully saturated rings. The molecule has 23 heavy (non-hydrogen) atoms. The molecule has 0 bridgehead atoms. The van der Waals surface area contributed by atoms with Crippen LogP contribution in [-0.4, -0.2) is 29.9 Å². The number of rotatable bonds is 7. The van der Waals surface area contributed by atoms with Crippen LogP contribution in [0, 0.1) is 13.8 Å². The summed E-state index contributed by atoms with van der Waals surface area (Å²) in [6.45, 7) is 3.98. The lowest BCUT2D eigenvalue weighted by Gasteiger charge is -2.07. The summed E-state index contributed by atoms with van der Waals surface area (Å²) < 4.78 is 5.24. The number of ether oxygens (including phenoxy) is 1. The maximum atomic E-state index is 12.3. The van der Waals surface area contributed by atoms with Crippen molar-refractivity contribution in [3.63, 3.8) is 0 Å². The Balaban J connectivity index is 2.04. The average Bonchev–Trinajstić information content (AvgIpc) is 2.53. The summed E-state index contributed by atoms with van der Waals surface area (Å²) in [4.78, 5) is 24.5. The summed E-state index contributed by atoms with van der Waals surface area (Å²) in [5.74, 6) is 0.188. The number of benzene rings is 2. The minimum atomic E-state index is -0.219. The number of aryl methyl sites for hydroxylation is 2. The van der Waals surface area contributed by atoms with Gasteiger partial charge in [-0.05, 0) is 43.7 Å². The van der Waals surface area contributed by atoms with Crippen molar-refractivity contribution >= 4 is 11.6 Å². The number of hydrogen-bond acceptors (Lipinski definition) is 4. The van der Waals surface area contributed by atoms with Crippen LogP contribution in [0.25, 0.3) is 0 Å². The fourth-order valence-electron chi connectivity index (χ4n) is 2.37. The smallest absolute Gasteiger partial charge is 0.170 e. The molecule has 4 nitrogen and oxygen atoms in total. The second-order valence-corrected chi connectivity index (χ2v) is 5.44. The van der Waals surface area contributed by atoms with Crippen molar-refractivity contribution in [2.75, 3.05) is 13.2 Å². The second-order valence-electron chi connectivity index (χ2n) is 5.44. The molecular weight excluding hydrogens is 292 g/mol. The number of carbonyl (C=O) groups is 2. The normalized spacial score (nSPS) is 10.4. The molecule has 2 rings (SSSR count). The first kappa shape index (κ1) is 16.9. The largest absolute Gasteiger partial charge is 0.491 e. The Labute approximate surface area is 135 Å². The SMILES string of the molecule is Cc1ccc(C(=O)CC(=O)c2ccc(OCCO)cc2)c(C)c1. The summed E-state index contributed by atoms with van der Waals surface area (Å²) >= 11 is 0. The summed E-state index contributed by atoms with van der Waals surface area (Å²) in [6, 6.07) is 12.2. The molecule has 120 valence electrons. The van der Waals surface area contributed by atoms with Crippen LogP contribution < -0.4 is 4.74 Å². The average molecular weight is 312 g/mol. The molecule has 0 aliphatic carbocycles. The van der Waals surface area contributed by atoms with Crippen molar-refractivity contribution in [3.05, 3.63) is 64.7 Å². The van der Waals surface area contributed by atoms with E-state index < -0.39 is 0 Å². The van der Waals surface area contributed by atoms with Crippen LogP contribution in [0.15, 0.2) is 42.5 Å². The van der Waals surface area contributed by atoms with Crippen LogP contribution >= 0.6 is 0 Å². The van der Waals surface area contributed by atoms with E-state index in [0.717, 1.165) is 11.1 Å². The molecule has 2 aromatic carbocycles. The van der Waals surface area contributed by atoms with Crippen molar-refractivity contribution in [1.29, 1.82) is 0 Å². The maximum absolute atomic E-state index is 12.3. The first-order valence-electron chi connectivity index (χ1n) is 7.48. The molecule has 1 N–H and O–H groups in total. The van der Waals surface area contributed by atoms with Crippen LogP contribution in [-0.2, 0) is 0 Å². The van der Waals surface area contributed by atoms with Gasteiger partial charge in [-0.15, -0.1) is 0 Å². The highest BCUT2D eigenvalue weighted by Crippen LogP contribution is 2.17. The summed E-state index contributed by atoms with van der Waals surface area (Å²) in [6.07, 6.45) is -0.152. The zero-order chi connectivity index (χ0) is 16.8. The molecule has 0 aliphatic rings. The Morgan fingerprint density at radius 1 is 1.00 bits per heavy atom. The Morgan fingerprint density at radius 3 is 2.30 bits per heavy atom. The lowest BCUT2D eigenvalue weighted by molar-refractivity contribution is 0.0894. The maximum Gasteiger partial charge on any atom is 0.170 e. The molecule has 0 aromatic heterocycles. The van der Waals surface area contributed by atoms with Crippen LogP contribution in [0.2, 0.25) is 0 Å². The third-order valence-corrected chi connectivity index (χ3v) is 3.54. The number of Topliss-reactive ketones (excluding diaryl/α,β-unsaturated/α-hetero) is 2. The van der Waals surface area contributed by atoms with Crippen molar-refractivity contribution < 1.29 is 19.4 Å². The van der Waals surface area contributed by atoms with E-state index in [1.54, 1.807) is 30.3 Å². The van der Waals surface area contributed by atoms with Gasteiger partial charge in [0.25, 0.3) is 0 Å². The first-order chi connectivity index (χ1) is 11.0. The Hall–Kier alpha value is -2.46. The Morgan fingerprint density at radius 2 is 1.70 bits per heavy atom. The van der Waals surface area contributed by atoms with Gasteiger partial charge in [0.15, 0.2) is 11.6 Å². The van der Waals surface area contributed by atoms with Crippen LogP contribution in [0.1, 0.15) is 38.3 Å². The van der Waals surface area contributed by atoms with E-state index in [2.05, 4.69) is 0 Å². The van der Waals surface area contributed by atoms with Gasteiger partial charge in [-0.25, -0.2) is 0 Å². The summed E-state index contributed by atoms with van der Waals surface area (Å²) in [5.41, 5.74) is 3.03. The van der Waals surface area contributed by atoms with E-state index in [-0.39, 0.29) is 31.2 Å². The van der Waals surface area contributed by atoms with E-state index in [4.69, 9.17) is 9.84 Å². The van der Waals surface area contributed by atoms with Crippen molar-refractivity contribution in [2.45, 2.75) is 20.3 Å². The highest BCUT2D eigenvalue weighted by molar-refractivity contribution is 6.14. The van der Waals surface area contributed by atoms with Gasteiger partial charge in [0.1, 0.15) is 12.4 Å². The minimum absolute atomic E-state index is 0.0644. The third-order valence-electron chi connectivity index (χ3n) is 3.54. The third kappa shape index (κ3) is 4.50. The monoisotopic (exact) mass is 312 g/mol. The Kier molecular flexibility index (Phi) is 5.66. The zero-order valence-electron chi connectivity index (χ0n) is 13.3. The standard InChI is InChI=1S/C19H20O4/c1-13-3-8-17(14(2)11-13)19(22)12-18(21)15-4-6-16(7-5-15)23-10-9-20/h3-8,11,20H,9-10,12H2,1-2H3. The fraction of sp³-hybridized carbons (Fsp3) is 0.263. The lowest BCUT2D eigenvalue weighted by Crippen LogP contribution is -2.10. The lowest BCUT2D eigenvalue weighted by atomic mass is 9.97. The second kappa shape index (κ2) is 7.70. The minimum Gasteiger partial charge on any atom is -0.491 e. The van der Waals surface area contributed by atoms with Crippen molar-refractivity contribution in [2.24, 2.45) is 0 Å². The molecule has 0 unspecified atom stereocenters. The van der Waals surface area contributed by atoms with Crippen LogP contribution in [0.5, 0.6) is 5.75 Å². The molecule has 2 aromatic rings. The molecule has 0 aliphatic heterocycles. The van der Waals surface area contributed by atoms with Gasteiger partial charge in [0.05, 0.1) is 13.0 Å². The number of aliphatic hydroxyl groups is 1. The van der Waals surface area contributed by atoms with E-state index in [1.165, 1.54) is 0 Å². The topological polar surface area (TPSA) is 63.6 Å². The Bertz CT molecular complexity index is 702.